The largest absolute Gasteiger partial charge is 0.493 e. The molecule has 0 aliphatic carbocycles. The monoisotopic (exact) mass is 316 g/mol. The molecule has 0 radical (unpaired) electrons. The first-order chi connectivity index (χ1) is 10.2. The highest BCUT2D eigenvalue weighted by Crippen LogP contribution is 2.36. The quantitative estimate of drug-likeness (QED) is 0.699. The van der Waals surface area contributed by atoms with Crippen LogP contribution in [0.3, 0.4) is 0 Å². The molecular formula is C13H12F4N4O. The first-order valence-corrected chi connectivity index (χ1v) is 6.03. The lowest BCUT2D eigenvalue weighted by molar-refractivity contribution is -0.140. The molecule has 2 aromatic rings. The molecule has 1 aromatic heterocycles. The topological polar surface area (TPSA) is 65.4 Å². The molecule has 9 heteroatoms. The Balaban J connectivity index is 2.44. The molecule has 22 heavy (non-hydrogen) atoms. The van der Waals surface area contributed by atoms with E-state index in [0.717, 1.165) is 19.4 Å². The average molecular weight is 316 g/mol. The van der Waals surface area contributed by atoms with Crippen LogP contribution in [0, 0.1) is 12.7 Å². The number of benzene rings is 1. The maximum Gasteiger partial charge on any atom is 0.419 e. The first-order valence-electron chi connectivity index (χ1n) is 6.03. The molecular weight excluding hydrogens is 304 g/mol. The van der Waals surface area contributed by atoms with E-state index in [1.807, 2.05) is 0 Å². The number of aromatic nitrogens is 2. The van der Waals surface area contributed by atoms with E-state index in [-0.39, 0.29) is 11.5 Å². The van der Waals surface area contributed by atoms with Crippen LogP contribution in [0.25, 0.3) is 0 Å². The van der Waals surface area contributed by atoms with Crippen LogP contribution in [0.1, 0.15) is 16.8 Å². The highest BCUT2D eigenvalue weighted by molar-refractivity contribution is 5.84. The number of nitrogens with zero attached hydrogens (tertiary/aromatic N) is 3. The zero-order valence-corrected chi connectivity index (χ0v) is 11.6. The lowest BCUT2D eigenvalue weighted by Crippen LogP contribution is -2.10. The Hall–Kier alpha value is -2.58. The second-order valence-electron chi connectivity index (χ2n) is 4.38. The molecule has 2 N–H and O–H groups in total. The summed E-state index contributed by atoms with van der Waals surface area (Å²) in [4.78, 5) is 3.90. The number of aryl methyl sites for hydroxylation is 1. The molecule has 0 spiro atoms. The summed E-state index contributed by atoms with van der Waals surface area (Å²) in [6.45, 7) is 1.70. The summed E-state index contributed by atoms with van der Waals surface area (Å²) in [6, 6.07) is 1.69. The molecule has 0 aliphatic heterocycles. The van der Waals surface area contributed by atoms with Gasteiger partial charge in [-0.3, -0.25) is 0 Å². The lowest BCUT2D eigenvalue weighted by atomic mass is 10.1. The van der Waals surface area contributed by atoms with Gasteiger partial charge in [0.25, 0.3) is 0 Å². The first kappa shape index (κ1) is 15.8. The van der Waals surface area contributed by atoms with Gasteiger partial charge < -0.3 is 10.5 Å². The van der Waals surface area contributed by atoms with Gasteiger partial charge in [0.05, 0.1) is 30.8 Å². The zero-order valence-electron chi connectivity index (χ0n) is 11.6. The van der Waals surface area contributed by atoms with Crippen molar-refractivity contribution in [3.63, 3.8) is 0 Å². The van der Waals surface area contributed by atoms with Crippen LogP contribution in [0.5, 0.6) is 5.75 Å². The molecule has 0 amide bonds. The smallest absolute Gasteiger partial charge is 0.419 e. The fourth-order valence-electron chi connectivity index (χ4n) is 1.82. The van der Waals surface area contributed by atoms with Crippen LogP contribution in [-0.2, 0) is 6.18 Å². The van der Waals surface area contributed by atoms with Gasteiger partial charge in [-0.25, -0.2) is 14.1 Å². The van der Waals surface area contributed by atoms with Crippen LogP contribution in [0.2, 0.25) is 0 Å². The Bertz CT molecular complexity index is 722. The Labute approximate surface area is 123 Å². The molecule has 0 unspecified atom stereocenters. The minimum atomic E-state index is -4.81. The van der Waals surface area contributed by atoms with E-state index < -0.39 is 23.3 Å². The number of nitrogens with two attached hydrogens (primary N) is 1. The van der Waals surface area contributed by atoms with Crippen LogP contribution in [0.4, 0.5) is 23.5 Å². The van der Waals surface area contributed by atoms with Crippen molar-refractivity contribution in [3.05, 3.63) is 41.0 Å². The Morgan fingerprint density at radius 3 is 2.55 bits per heavy atom. The summed E-state index contributed by atoms with van der Waals surface area (Å²) >= 11 is 0. The zero-order chi connectivity index (χ0) is 16.5. The summed E-state index contributed by atoms with van der Waals surface area (Å²) in [6.07, 6.45) is -2.16. The molecule has 0 saturated heterocycles. The van der Waals surface area contributed by atoms with Gasteiger partial charge in [0.2, 0.25) is 5.95 Å². The maximum atomic E-state index is 13.9. The predicted molar refractivity (Wildman–Crippen MR) is 72.3 cm³/mol. The highest BCUT2D eigenvalue weighted by atomic mass is 19.4. The van der Waals surface area contributed by atoms with Crippen molar-refractivity contribution in [2.75, 3.05) is 12.8 Å². The number of alkyl halides is 3. The number of imidazole rings is 1. The molecule has 1 heterocycles. The van der Waals surface area contributed by atoms with E-state index in [2.05, 4.69) is 10.1 Å². The second-order valence-corrected chi connectivity index (χ2v) is 4.38. The van der Waals surface area contributed by atoms with Gasteiger partial charge in [-0.2, -0.15) is 18.3 Å². The van der Waals surface area contributed by atoms with Crippen molar-refractivity contribution < 1.29 is 22.3 Å². The van der Waals surface area contributed by atoms with Gasteiger partial charge in [-0.05, 0) is 19.1 Å². The summed E-state index contributed by atoms with van der Waals surface area (Å²) < 4.78 is 57.7. The molecule has 0 atom stereocenters. The lowest BCUT2D eigenvalue weighted by Gasteiger charge is -2.12. The highest BCUT2D eigenvalue weighted by Gasteiger charge is 2.36. The van der Waals surface area contributed by atoms with Crippen molar-refractivity contribution in [1.82, 2.24) is 9.66 Å². The number of hydrogen-bond donors (Lipinski definition) is 1. The Morgan fingerprint density at radius 1 is 1.36 bits per heavy atom. The van der Waals surface area contributed by atoms with Crippen molar-refractivity contribution in [3.8, 4) is 5.75 Å². The van der Waals surface area contributed by atoms with Crippen molar-refractivity contribution >= 4 is 12.2 Å². The van der Waals surface area contributed by atoms with Crippen LogP contribution >= 0.6 is 0 Å². The van der Waals surface area contributed by atoms with Crippen LogP contribution in [-0.4, -0.2) is 23.0 Å². The molecule has 2 rings (SSSR count). The summed E-state index contributed by atoms with van der Waals surface area (Å²) in [5.41, 5.74) is 4.82. The van der Waals surface area contributed by atoms with E-state index in [4.69, 9.17) is 10.5 Å². The number of methoxy groups -OCH3 is 1. The van der Waals surface area contributed by atoms with Crippen molar-refractivity contribution in [1.29, 1.82) is 0 Å². The van der Waals surface area contributed by atoms with Gasteiger partial charge in [0.1, 0.15) is 0 Å². The number of halogens is 4. The van der Waals surface area contributed by atoms with Crippen molar-refractivity contribution in [2.24, 2.45) is 5.10 Å². The van der Waals surface area contributed by atoms with Crippen LogP contribution < -0.4 is 10.5 Å². The van der Waals surface area contributed by atoms with Gasteiger partial charge in [-0.15, -0.1) is 0 Å². The summed E-state index contributed by atoms with van der Waals surface area (Å²) in [5, 5.41) is 3.91. The SMILES string of the molecule is COc1c(C=Nn2cc(C)nc2N)ccc(C(F)(F)F)c1F. The molecule has 0 saturated carbocycles. The molecule has 0 bridgehead atoms. The average Bonchev–Trinajstić information content (AvgIpc) is 2.73. The predicted octanol–water partition coefficient (Wildman–Crippen LogP) is 2.82. The number of hydrogen-bond acceptors (Lipinski definition) is 4. The third-order valence-electron chi connectivity index (χ3n) is 2.79. The molecule has 5 nitrogen and oxygen atoms in total. The van der Waals surface area contributed by atoms with E-state index >= 15 is 0 Å². The fourth-order valence-corrected chi connectivity index (χ4v) is 1.82. The third-order valence-corrected chi connectivity index (χ3v) is 2.79. The maximum absolute atomic E-state index is 13.9. The Morgan fingerprint density at radius 2 is 2.05 bits per heavy atom. The Kier molecular flexibility index (Phi) is 4.07. The molecule has 1 aromatic carbocycles. The van der Waals surface area contributed by atoms with E-state index in [0.29, 0.717) is 11.8 Å². The van der Waals surface area contributed by atoms with Gasteiger partial charge in [0.15, 0.2) is 11.6 Å². The molecule has 0 fully saturated rings. The number of anilines is 1. The van der Waals surface area contributed by atoms with Gasteiger partial charge in [-0.1, -0.05) is 0 Å². The van der Waals surface area contributed by atoms with Crippen molar-refractivity contribution in [2.45, 2.75) is 13.1 Å². The third kappa shape index (κ3) is 3.02. The minimum absolute atomic E-state index is 0.0405. The van der Waals surface area contributed by atoms with E-state index in [1.54, 1.807) is 6.92 Å². The number of ether oxygens (including phenoxy) is 1. The fraction of sp³-hybridized carbons (Fsp3) is 0.231. The van der Waals surface area contributed by atoms with E-state index in [1.165, 1.54) is 10.9 Å². The summed E-state index contributed by atoms with van der Waals surface area (Å²) in [7, 11) is 1.08. The second kappa shape index (κ2) is 5.66. The number of rotatable bonds is 3. The van der Waals surface area contributed by atoms with Gasteiger partial charge in [0, 0.05) is 5.56 Å². The summed E-state index contributed by atoms with van der Waals surface area (Å²) in [5.74, 6) is -1.94. The van der Waals surface area contributed by atoms with E-state index in [9.17, 15) is 17.6 Å². The van der Waals surface area contributed by atoms with Crippen LogP contribution in [0.15, 0.2) is 23.4 Å². The van der Waals surface area contributed by atoms with Gasteiger partial charge >= 0.3 is 6.18 Å². The number of nitrogen functional groups attached to an aromatic ring is 1. The molecule has 0 aliphatic rings. The molecule has 118 valence electrons. The normalized spacial score (nSPS) is 12.1. The minimum Gasteiger partial charge on any atom is -0.493 e. The standard InChI is InChI=1S/C13H12F4N4O/c1-7-6-21(12(18)20-7)19-5-8-3-4-9(13(15,16)17)10(14)11(8)22-2/h3-6H,1-2H3,(H2,18,20).